The Bertz CT molecular complexity index is 304. The van der Waals surface area contributed by atoms with Crippen molar-refractivity contribution in [1.82, 2.24) is 0 Å². The molecule has 0 saturated carbocycles. The third kappa shape index (κ3) is 2.94. The molecule has 90 valence electrons. The van der Waals surface area contributed by atoms with Gasteiger partial charge in [0.25, 0.3) is 0 Å². The van der Waals surface area contributed by atoms with Crippen molar-refractivity contribution in [3.63, 3.8) is 0 Å². The summed E-state index contributed by atoms with van der Waals surface area (Å²) in [6.45, 7) is 6.12. The van der Waals surface area contributed by atoms with Crippen LogP contribution in [-0.2, 0) is 14.3 Å². The highest BCUT2D eigenvalue weighted by Crippen LogP contribution is 2.33. The van der Waals surface area contributed by atoms with Gasteiger partial charge in [-0.25, -0.2) is 0 Å². The molecule has 0 N–H and O–H groups in total. The maximum atomic E-state index is 11.8. The minimum Gasteiger partial charge on any atom is -0.466 e. The van der Waals surface area contributed by atoms with Crippen LogP contribution in [0.15, 0.2) is 11.6 Å². The van der Waals surface area contributed by atoms with Gasteiger partial charge in [0.05, 0.1) is 12.5 Å². The lowest BCUT2D eigenvalue weighted by Crippen LogP contribution is -2.31. The van der Waals surface area contributed by atoms with Crippen molar-refractivity contribution < 1.29 is 14.3 Å². The lowest BCUT2D eigenvalue weighted by molar-refractivity contribution is -0.149. The van der Waals surface area contributed by atoms with Crippen LogP contribution < -0.4 is 0 Å². The second-order valence-electron chi connectivity index (χ2n) is 4.34. The van der Waals surface area contributed by atoms with Crippen LogP contribution in [0.3, 0.4) is 0 Å². The molecule has 1 aliphatic rings. The largest absolute Gasteiger partial charge is 0.466 e. The van der Waals surface area contributed by atoms with Gasteiger partial charge in [-0.15, -0.1) is 0 Å². The van der Waals surface area contributed by atoms with Gasteiger partial charge in [-0.1, -0.05) is 18.9 Å². The van der Waals surface area contributed by atoms with E-state index in [0.717, 1.165) is 18.4 Å². The fourth-order valence-corrected chi connectivity index (χ4v) is 2.40. The van der Waals surface area contributed by atoms with Crippen molar-refractivity contribution in [3.05, 3.63) is 11.6 Å². The van der Waals surface area contributed by atoms with E-state index in [9.17, 15) is 9.59 Å². The van der Waals surface area contributed by atoms with E-state index in [1.165, 1.54) is 0 Å². The summed E-state index contributed by atoms with van der Waals surface area (Å²) in [7, 11) is 0. The SMILES string of the molecule is CCC[C@@H]1CC(=O)C=C(C)[C@@H]1C(=O)OCC. The third-order valence-corrected chi connectivity index (χ3v) is 3.01. The first-order valence-corrected chi connectivity index (χ1v) is 5.97. The van der Waals surface area contributed by atoms with Crippen molar-refractivity contribution >= 4 is 11.8 Å². The fourth-order valence-electron chi connectivity index (χ4n) is 2.40. The average Bonchev–Trinajstić information content (AvgIpc) is 2.17. The lowest BCUT2D eigenvalue weighted by atomic mass is 9.76. The zero-order valence-corrected chi connectivity index (χ0v) is 10.3. The third-order valence-electron chi connectivity index (χ3n) is 3.01. The first-order valence-electron chi connectivity index (χ1n) is 5.97. The summed E-state index contributed by atoms with van der Waals surface area (Å²) in [5.74, 6) is -0.127. The van der Waals surface area contributed by atoms with Gasteiger partial charge in [-0.3, -0.25) is 9.59 Å². The molecule has 0 amide bonds. The van der Waals surface area contributed by atoms with Gasteiger partial charge in [0.15, 0.2) is 5.78 Å². The van der Waals surface area contributed by atoms with Crippen LogP contribution in [-0.4, -0.2) is 18.4 Å². The van der Waals surface area contributed by atoms with Crippen LogP contribution in [0.1, 0.15) is 40.0 Å². The monoisotopic (exact) mass is 224 g/mol. The van der Waals surface area contributed by atoms with E-state index in [4.69, 9.17) is 4.74 Å². The minimum absolute atomic E-state index is 0.126. The van der Waals surface area contributed by atoms with Gasteiger partial charge in [0.2, 0.25) is 0 Å². The molecule has 0 aromatic carbocycles. The Kier molecular flexibility index (Phi) is 4.71. The Hall–Kier alpha value is -1.12. The van der Waals surface area contributed by atoms with Gasteiger partial charge >= 0.3 is 5.97 Å². The van der Waals surface area contributed by atoms with E-state index < -0.39 is 0 Å². The zero-order chi connectivity index (χ0) is 12.1. The first kappa shape index (κ1) is 12.9. The highest BCUT2D eigenvalue weighted by Gasteiger charge is 2.34. The number of hydrogen-bond donors (Lipinski definition) is 0. The minimum atomic E-state index is -0.211. The van der Waals surface area contributed by atoms with Gasteiger partial charge in [-0.05, 0) is 32.3 Å². The van der Waals surface area contributed by atoms with E-state index in [1.54, 1.807) is 13.0 Å². The maximum Gasteiger partial charge on any atom is 0.313 e. The summed E-state index contributed by atoms with van der Waals surface area (Å²) in [5, 5.41) is 0. The summed E-state index contributed by atoms with van der Waals surface area (Å²) < 4.78 is 5.07. The Morgan fingerprint density at radius 1 is 1.50 bits per heavy atom. The van der Waals surface area contributed by atoms with Crippen LogP contribution in [0.25, 0.3) is 0 Å². The molecule has 0 aromatic heterocycles. The van der Waals surface area contributed by atoms with E-state index in [-0.39, 0.29) is 23.6 Å². The van der Waals surface area contributed by atoms with Crippen LogP contribution >= 0.6 is 0 Å². The molecule has 16 heavy (non-hydrogen) atoms. The molecule has 1 rings (SSSR count). The summed E-state index contributed by atoms with van der Waals surface area (Å²) >= 11 is 0. The topological polar surface area (TPSA) is 43.4 Å². The first-order chi connectivity index (χ1) is 7.60. The number of ketones is 1. The molecule has 2 atom stereocenters. The number of rotatable bonds is 4. The van der Waals surface area contributed by atoms with E-state index in [0.29, 0.717) is 13.0 Å². The summed E-state index contributed by atoms with van der Waals surface area (Å²) in [4.78, 5) is 23.3. The van der Waals surface area contributed by atoms with Gasteiger partial charge < -0.3 is 4.74 Å². The van der Waals surface area contributed by atoms with Crippen molar-refractivity contribution in [2.45, 2.75) is 40.0 Å². The summed E-state index contributed by atoms with van der Waals surface area (Å²) in [6, 6.07) is 0. The molecule has 0 saturated heterocycles. The van der Waals surface area contributed by atoms with Crippen molar-refractivity contribution in [1.29, 1.82) is 0 Å². The number of carbonyl (C=O) groups is 2. The lowest BCUT2D eigenvalue weighted by Gasteiger charge is -2.28. The molecule has 0 aromatic rings. The second kappa shape index (κ2) is 5.83. The molecule has 3 heteroatoms. The van der Waals surface area contributed by atoms with Crippen LogP contribution in [0.2, 0.25) is 0 Å². The molecule has 0 aliphatic heterocycles. The fraction of sp³-hybridized carbons (Fsp3) is 0.692. The van der Waals surface area contributed by atoms with Crippen molar-refractivity contribution in [3.8, 4) is 0 Å². The highest BCUT2D eigenvalue weighted by atomic mass is 16.5. The van der Waals surface area contributed by atoms with Crippen LogP contribution in [0.4, 0.5) is 0 Å². The molecule has 0 heterocycles. The molecule has 1 aliphatic carbocycles. The Morgan fingerprint density at radius 3 is 2.75 bits per heavy atom. The number of hydrogen-bond acceptors (Lipinski definition) is 3. The smallest absolute Gasteiger partial charge is 0.313 e. The summed E-state index contributed by atoms with van der Waals surface area (Å²) in [5.41, 5.74) is 0.855. The zero-order valence-electron chi connectivity index (χ0n) is 10.3. The second-order valence-corrected chi connectivity index (χ2v) is 4.34. The molecule has 0 spiro atoms. The Morgan fingerprint density at radius 2 is 2.19 bits per heavy atom. The molecule has 3 nitrogen and oxygen atoms in total. The van der Waals surface area contributed by atoms with Gasteiger partial charge in [0.1, 0.15) is 0 Å². The number of ether oxygens (including phenoxy) is 1. The molecular weight excluding hydrogens is 204 g/mol. The highest BCUT2D eigenvalue weighted by molar-refractivity contribution is 5.94. The van der Waals surface area contributed by atoms with E-state index in [2.05, 4.69) is 6.92 Å². The Labute approximate surface area is 96.9 Å². The molecule has 0 fully saturated rings. The quantitative estimate of drug-likeness (QED) is 0.689. The number of allylic oxidation sites excluding steroid dienone is 1. The molecular formula is C13H20O3. The van der Waals surface area contributed by atoms with Crippen molar-refractivity contribution in [2.75, 3.05) is 6.61 Å². The predicted octanol–water partition coefficient (Wildman–Crippen LogP) is 2.50. The Balaban J connectivity index is 2.85. The van der Waals surface area contributed by atoms with E-state index >= 15 is 0 Å². The van der Waals surface area contributed by atoms with E-state index in [1.807, 2.05) is 6.92 Å². The average molecular weight is 224 g/mol. The molecule has 0 bridgehead atoms. The standard InChI is InChI=1S/C13H20O3/c1-4-6-10-8-11(14)7-9(3)12(10)13(15)16-5-2/h7,10,12H,4-6,8H2,1-3H3/t10-,12+/m1/s1. The van der Waals surface area contributed by atoms with Gasteiger partial charge in [0, 0.05) is 6.42 Å². The maximum absolute atomic E-state index is 11.8. The molecule has 0 radical (unpaired) electrons. The number of carbonyl (C=O) groups excluding carboxylic acids is 2. The molecule has 0 unspecified atom stereocenters. The predicted molar refractivity (Wildman–Crippen MR) is 61.9 cm³/mol. The van der Waals surface area contributed by atoms with Crippen molar-refractivity contribution in [2.24, 2.45) is 11.8 Å². The van der Waals surface area contributed by atoms with Crippen LogP contribution in [0, 0.1) is 11.8 Å². The van der Waals surface area contributed by atoms with Gasteiger partial charge in [-0.2, -0.15) is 0 Å². The summed E-state index contributed by atoms with van der Waals surface area (Å²) in [6.07, 6.45) is 3.96. The number of esters is 1. The normalized spacial score (nSPS) is 25.2. The van der Waals surface area contributed by atoms with Crippen LogP contribution in [0.5, 0.6) is 0 Å².